The van der Waals surface area contributed by atoms with E-state index in [2.05, 4.69) is 10.3 Å². The Morgan fingerprint density at radius 2 is 1.88 bits per heavy atom. The smallest absolute Gasteiger partial charge is 0.273 e. The molecule has 1 heterocycles. The van der Waals surface area contributed by atoms with Crippen molar-refractivity contribution in [3.05, 3.63) is 44.9 Å². The van der Waals surface area contributed by atoms with Crippen LogP contribution in [0.4, 0.5) is 5.13 Å². The molecule has 0 atom stereocenters. The highest BCUT2D eigenvalue weighted by Crippen LogP contribution is 2.23. The van der Waals surface area contributed by atoms with Gasteiger partial charge in [-0.15, -0.1) is 11.3 Å². The number of thiazole rings is 1. The van der Waals surface area contributed by atoms with Gasteiger partial charge in [0.1, 0.15) is 5.69 Å². The number of aromatic nitrogens is 1. The Morgan fingerprint density at radius 3 is 2.52 bits per heavy atom. The van der Waals surface area contributed by atoms with Crippen LogP contribution in [0.15, 0.2) is 23.6 Å². The quantitative estimate of drug-likeness (QED) is 0.807. The van der Waals surface area contributed by atoms with Gasteiger partial charge in [-0.05, 0) is 32.3 Å². The van der Waals surface area contributed by atoms with E-state index in [1.165, 1.54) is 17.4 Å². The second-order valence-corrected chi connectivity index (χ2v) is 7.32. The maximum Gasteiger partial charge on any atom is 0.273 e. The van der Waals surface area contributed by atoms with Crippen LogP contribution in [-0.4, -0.2) is 60.8 Å². The normalized spacial score (nSPS) is 10.8. The molecule has 1 N–H and O–H groups in total. The summed E-state index contributed by atoms with van der Waals surface area (Å²) in [6.07, 6.45) is 0. The Hall–Kier alpha value is -1.67. The minimum Gasteiger partial charge on any atom is -0.339 e. The highest BCUT2D eigenvalue weighted by atomic mass is 35.5. The summed E-state index contributed by atoms with van der Waals surface area (Å²) in [6.45, 7) is 1.35. The minimum absolute atomic E-state index is 0.187. The van der Waals surface area contributed by atoms with E-state index >= 15 is 0 Å². The molecule has 0 aliphatic carbocycles. The molecule has 0 aliphatic heterocycles. The molecule has 6 nitrogen and oxygen atoms in total. The van der Waals surface area contributed by atoms with Gasteiger partial charge in [0.15, 0.2) is 5.13 Å². The third-order valence-corrected chi connectivity index (χ3v) is 4.85. The number of carbonyl (C=O) groups is 2. The van der Waals surface area contributed by atoms with E-state index in [4.69, 9.17) is 23.2 Å². The van der Waals surface area contributed by atoms with Gasteiger partial charge < -0.3 is 9.80 Å². The molecule has 1 aromatic carbocycles. The van der Waals surface area contributed by atoms with Crippen LogP contribution >= 0.6 is 34.5 Å². The molecule has 25 heavy (non-hydrogen) atoms. The second-order valence-electron chi connectivity index (χ2n) is 5.65. The fraction of sp³-hybridized carbons (Fsp3) is 0.312. The molecule has 0 fully saturated rings. The van der Waals surface area contributed by atoms with Gasteiger partial charge >= 0.3 is 0 Å². The van der Waals surface area contributed by atoms with E-state index in [0.717, 1.165) is 6.54 Å². The first-order chi connectivity index (χ1) is 11.8. The number of benzene rings is 1. The number of rotatable bonds is 6. The molecular weight excluding hydrogens is 383 g/mol. The van der Waals surface area contributed by atoms with Crippen LogP contribution in [0.25, 0.3) is 0 Å². The van der Waals surface area contributed by atoms with E-state index in [0.29, 0.717) is 33.0 Å². The summed E-state index contributed by atoms with van der Waals surface area (Å²) in [5.74, 6) is -0.555. The van der Waals surface area contributed by atoms with Crippen molar-refractivity contribution in [3.8, 4) is 0 Å². The molecule has 1 aromatic heterocycles. The lowest BCUT2D eigenvalue weighted by Gasteiger charge is -2.18. The Bertz CT molecular complexity index is 779. The lowest BCUT2D eigenvalue weighted by molar-refractivity contribution is 0.0781. The lowest BCUT2D eigenvalue weighted by atomic mass is 10.2. The number of carbonyl (C=O) groups excluding carboxylic acids is 2. The predicted molar refractivity (Wildman–Crippen MR) is 102 cm³/mol. The summed E-state index contributed by atoms with van der Waals surface area (Å²) in [7, 11) is 5.61. The zero-order chi connectivity index (χ0) is 18.6. The van der Waals surface area contributed by atoms with Crippen molar-refractivity contribution >= 4 is 51.5 Å². The third kappa shape index (κ3) is 5.40. The van der Waals surface area contributed by atoms with Gasteiger partial charge in [0.05, 0.1) is 10.0 Å². The topological polar surface area (TPSA) is 65.5 Å². The number of likely N-dealkylation sites (N-methyl/N-ethyl adjacent to an activating group) is 2. The molecular formula is C16H18Cl2N4O2S. The standard InChI is InChI=1S/C16H18Cl2N4O2S/c1-21(2)6-7-22(3)15(24)13-9-25-16(19-13)20-14(23)10-4-5-11(17)12(18)8-10/h4-5,8-9H,6-7H2,1-3H3,(H,19,20,23). The fourth-order valence-corrected chi connectivity index (χ4v) is 2.86. The highest BCUT2D eigenvalue weighted by Gasteiger charge is 2.17. The summed E-state index contributed by atoms with van der Waals surface area (Å²) >= 11 is 12.9. The highest BCUT2D eigenvalue weighted by molar-refractivity contribution is 7.14. The molecule has 0 radical (unpaired) electrons. The van der Waals surface area contributed by atoms with Crippen molar-refractivity contribution < 1.29 is 9.59 Å². The maximum absolute atomic E-state index is 12.3. The Labute approximate surface area is 160 Å². The minimum atomic E-state index is -0.368. The Kier molecular flexibility index (Phi) is 6.78. The van der Waals surface area contributed by atoms with Crippen LogP contribution in [0.3, 0.4) is 0 Å². The summed E-state index contributed by atoms with van der Waals surface area (Å²) in [6, 6.07) is 4.60. The number of halogens is 2. The van der Waals surface area contributed by atoms with E-state index in [1.807, 2.05) is 19.0 Å². The van der Waals surface area contributed by atoms with Crippen LogP contribution in [0, 0.1) is 0 Å². The molecule has 2 rings (SSSR count). The van der Waals surface area contributed by atoms with E-state index in [-0.39, 0.29) is 11.8 Å². The van der Waals surface area contributed by atoms with Crippen molar-refractivity contribution in [3.63, 3.8) is 0 Å². The number of anilines is 1. The van der Waals surface area contributed by atoms with Crippen LogP contribution < -0.4 is 5.32 Å². The molecule has 0 saturated heterocycles. The molecule has 0 aliphatic rings. The van der Waals surface area contributed by atoms with Crippen molar-refractivity contribution in [1.82, 2.24) is 14.8 Å². The zero-order valence-corrected chi connectivity index (χ0v) is 16.4. The fourth-order valence-electron chi connectivity index (χ4n) is 1.88. The monoisotopic (exact) mass is 400 g/mol. The second kappa shape index (κ2) is 8.62. The number of nitrogens with one attached hydrogen (secondary N) is 1. The van der Waals surface area contributed by atoms with Gasteiger partial charge in [0.25, 0.3) is 11.8 Å². The molecule has 0 saturated carbocycles. The largest absolute Gasteiger partial charge is 0.339 e. The lowest BCUT2D eigenvalue weighted by Crippen LogP contribution is -2.33. The van der Waals surface area contributed by atoms with Crippen LogP contribution in [0.5, 0.6) is 0 Å². The van der Waals surface area contributed by atoms with Gasteiger partial charge in [0, 0.05) is 31.1 Å². The van der Waals surface area contributed by atoms with Crippen molar-refractivity contribution in [2.75, 3.05) is 39.5 Å². The molecule has 0 unspecified atom stereocenters. The first-order valence-corrected chi connectivity index (χ1v) is 9.03. The SMILES string of the molecule is CN(C)CCN(C)C(=O)c1csc(NC(=O)c2ccc(Cl)c(Cl)c2)n1. The molecule has 0 bridgehead atoms. The summed E-state index contributed by atoms with van der Waals surface area (Å²) in [4.78, 5) is 32.3. The zero-order valence-electron chi connectivity index (χ0n) is 14.0. The van der Waals surface area contributed by atoms with Gasteiger partial charge in [-0.2, -0.15) is 0 Å². The number of nitrogens with zero attached hydrogens (tertiary/aromatic N) is 3. The summed E-state index contributed by atoms with van der Waals surface area (Å²) < 4.78 is 0. The average molecular weight is 401 g/mol. The summed E-state index contributed by atoms with van der Waals surface area (Å²) in [5, 5.41) is 5.30. The van der Waals surface area contributed by atoms with E-state index < -0.39 is 0 Å². The Balaban J connectivity index is 2.01. The first kappa shape index (κ1) is 19.7. The van der Waals surface area contributed by atoms with E-state index in [1.54, 1.807) is 29.5 Å². The van der Waals surface area contributed by atoms with Gasteiger partial charge in [-0.3, -0.25) is 14.9 Å². The average Bonchev–Trinajstić information content (AvgIpc) is 3.02. The van der Waals surface area contributed by atoms with Crippen molar-refractivity contribution in [2.24, 2.45) is 0 Å². The molecule has 134 valence electrons. The molecule has 0 spiro atoms. The third-order valence-electron chi connectivity index (χ3n) is 3.35. The van der Waals surface area contributed by atoms with Crippen LogP contribution in [0.2, 0.25) is 10.0 Å². The summed E-state index contributed by atoms with van der Waals surface area (Å²) in [5.41, 5.74) is 0.663. The van der Waals surface area contributed by atoms with Gasteiger partial charge in [-0.25, -0.2) is 4.98 Å². The van der Waals surface area contributed by atoms with Gasteiger partial charge in [-0.1, -0.05) is 23.2 Å². The van der Waals surface area contributed by atoms with Crippen molar-refractivity contribution in [1.29, 1.82) is 0 Å². The number of amides is 2. The molecule has 9 heteroatoms. The van der Waals surface area contributed by atoms with Crippen LogP contribution in [-0.2, 0) is 0 Å². The molecule has 2 amide bonds. The number of hydrogen-bond acceptors (Lipinski definition) is 5. The van der Waals surface area contributed by atoms with E-state index in [9.17, 15) is 9.59 Å². The van der Waals surface area contributed by atoms with Crippen molar-refractivity contribution in [2.45, 2.75) is 0 Å². The maximum atomic E-state index is 12.3. The predicted octanol–water partition coefficient (Wildman–Crippen LogP) is 3.34. The molecule has 2 aromatic rings. The Morgan fingerprint density at radius 1 is 1.16 bits per heavy atom. The first-order valence-electron chi connectivity index (χ1n) is 7.40. The van der Waals surface area contributed by atoms with Gasteiger partial charge in [0.2, 0.25) is 0 Å². The van der Waals surface area contributed by atoms with Crippen LogP contribution in [0.1, 0.15) is 20.8 Å². The number of hydrogen-bond donors (Lipinski definition) is 1.